The number of carbonyl (C=O) groups is 2. The molecule has 4 aromatic rings. The van der Waals surface area contributed by atoms with E-state index < -0.39 is 35.9 Å². The van der Waals surface area contributed by atoms with Gasteiger partial charge < -0.3 is 16.4 Å². The van der Waals surface area contributed by atoms with Crippen LogP contribution in [0.1, 0.15) is 20.7 Å². The smallest absolute Gasteiger partial charge is 0.295 e. The number of rotatable bonds is 6. The summed E-state index contributed by atoms with van der Waals surface area (Å²) in [6.07, 6.45) is 0. The first-order valence-corrected chi connectivity index (χ1v) is 13.3. The molecule has 0 saturated heterocycles. The molecule has 6 N–H and O–H groups in total. The lowest BCUT2D eigenvalue weighted by Gasteiger charge is -2.11. The van der Waals surface area contributed by atoms with Gasteiger partial charge in [-0.1, -0.05) is 6.07 Å². The monoisotopic (exact) mass is 541 g/mol. The van der Waals surface area contributed by atoms with Crippen LogP contribution in [0.3, 0.4) is 0 Å². The highest BCUT2D eigenvalue weighted by Crippen LogP contribution is 2.30. The Morgan fingerprint density at radius 3 is 1.70 bits per heavy atom. The van der Waals surface area contributed by atoms with Crippen molar-refractivity contribution in [2.24, 2.45) is 0 Å². The van der Waals surface area contributed by atoms with E-state index in [-0.39, 0.29) is 27.9 Å². The molecule has 0 radical (unpaired) electrons. The summed E-state index contributed by atoms with van der Waals surface area (Å²) in [5, 5.41) is 5.29. The van der Waals surface area contributed by atoms with E-state index >= 15 is 0 Å². The van der Waals surface area contributed by atoms with Crippen LogP contribution in [0.5, 0.6) is 0 Å². The van der Waals surface area contributed by atoms with Gasteiger partial charge in [0.05, 0.1) is 4.90 Å². The van der Waals surface area contributed by atoms with Gasteiger partial charge >= 0.3 is 0 Å². The first-order valence-electron chi connectivity index (χ1n) is 10.4. The fourth-order valence-corrected chi connectivity index (χ4v) is 4.83. The van der Waals surface area contributed by atoms with Crippen molar-refractivity contribution in [3.05, 3.63) is 90.0 Å². The first kappa shape index (κ1) is 25.8. The molecule has 13 heteroatoms. The summed E-state index contributed by atoms with van der Waals surface area (Å²) in [6.45, 7) is 0. The van der Waals surface area contributed by atoms with Gasteiger partial charge in [-0.3, -0.25) is 18.7 Å². The zero-order valence-corrected chi connectivity index (χ0v) is 20.4. The second kappa shape index (κ2) is 9.63. The van der Waals surface area contributed by atoms with Gasteiger partial charge in [-0.25, -0.2) is 0 Å². The Balaban J connectivity index is 1.55. The fraction of sp³-hybridized carbons (Fsp3) is 0. The Hall–Kier alpha value is -4.30. The van der Waals surface area contributed by atoms with E-state index in [1.54, 1.807) is 24.3 Å². The molecule has 37 heavy (non-hydrogen) atoms. The zero-order valence-electron chi connectivity index (χ0n) is 18.7. The molecule has 0 aliphatic rings. The third-order valence-corrected chi connectivity index (χ3v) is 7.03. The Morgan fingerprint density at radius 1 is 0.649 bits per heavy atom. The van der Waals surface area contributed by atoms with Crippen molar-refractivity contribution in [2.45, 2.75) is 9.79 Å². The number of hydrogen-bond donors (Lipinski definition) is 5. The van der Waals surface area contributed by atoms with E-state index in [2.05, 4.69) is 10.6 Å². The van der Waals surface area contributed by atoms with E-state index in [1.165, 1.54) is 42.5 Å². The maximum absolute atomic E-state index is 12.7. The number of benzene rings is 4. The van der Waals surface area contributed by atoms with Gasteiger partial charge in [0.15, 0.2) is 0 Å². The highest BCUT2D eigenvalue weighted by molar-refractivity contribution is 7.86. The quantitative estimate of drug-likeness (QED) is 0.180. The molecule has 2 amide bonds. The minimum Gasteiger partial charge on any atom is -0.399 e. The summed E-state index contributed by atoms with van der Waals surface area (Å²) in [4.78, 5) is 23.6. The molecular weight excluding hydrogens is 522 g/mol. The van der Waals surface area contributed by atoms with E-state index in [0.29, 0.717) is 23.0 Å². The van der Waals surface area contributed by atoms with E-state index in [4.69, 9.17) is 5.73 Å². The summed E-state index contributed by atoms with van der Waals surface area (Å²) in [5.41, 5.74) is 7.36. The van der Waals surface area contributed by atoms with Gasteiger partial charge in [0.25, 0.3) is 32.1 Å². The second-order valence-electron chi connectivity index (χ2n) is 7.92. The SMILES string of the molecule is Nc1ccc(C(=O)Nc2ccc(C(=O)Nc3ccc4cc(S(=O)(=O)O)cc(S(=O)(=O)O)c4c3)cc2)cc1. The van der Waals surface area contributed by atoms with Crippen LogP contribution >= 0.6 is 0 Å². The third-order valence-electron chi connectivity index (χ3n) is 5.30. The Morgan fingerprint density at radius 2 is 1.16 bits per heavy atom. The van der Waals surface area contributed by atoms with E-state index in [9.17, 15) is 35.5 Å². The molecule has 0 bridgehead atoms. The number of hydrogen-bond acceptors (Lipinski definition) is 7. The lowest BCUT2D eigenvalue weighted by Crippen LogP contribution is -2.14. The number of nitrogen functional groups attached to an aromatic ring is 1. The molecule has 0 spiro atoms. The number of nitrogens with one attached hydrogen (secondary N) is 2. The van der Waals surface area contributed by atoms with Gasteiger partial charge in [0, 0.05) is 33.6 Å². The molecule has 0 saturated carbocycles. The molecular formula is C24H19N3O8S2. The molecule has 0 aliphatic heterocycles. The summed E-state index contributed by atoms with van der Waals surface area (Å²) < 4.78 is 65.5. The lowest BCUT2D eigenvalue weighted by atomic mass is 10.1. The zero-order chi connectivity index (χ0) is 27.0. The van der Waals surface area contributed by atoms with Crippen molar-refractivity contribution in [1.82, 2.24) is 0 Å². The molecule has 0 aromatic heterocycles. The maximum Gasteiger partial charge on any atom is 0.295 e. The average Bonchev–Trinajstić information content (AvgIpc) is 2.83. The molecule has 0 unspecified atom stereocenters. The average molecular weight is 542 g/mol. The van der Waals surface area contributed by atoms with Crippen LogP contribution in [0.2, 0.25) is 0 Å². The standard InChI is InChI=1S/C24H19N3O8S2/c25-17-6-1-14(2-7-17)23(28)26-18-8-3-15(4-9-18)24(29)27-19-10-5-16-11-20(36(30,31)32)13-22(21(16)12-19)37(33,34)35/h1-13H,25H2,(H,26,28)(H,27,29)(H,30,31,32)(H,33,34,35). The summed E-state index contributed by atoms with van der Waals surface area (Å²) in [6, 6.07) is 17.9. The lowest BCUT2D eigenvalue weighted by molar-refractivity contribution is 0.102. The molecule has 4 aromatic carbocycles. The predicted octanol–water partition coefficient (Wildman–Crippen LogP) is 3.42. The maximum atomic E-state index is 12.7. The predicted molar refractivity (Wildman–Crippen MR) is 137 cm³/mol. The number of carbonyl (C=O) groups excluding carboxylic acids is 2. The minimum absolute atomic E-state index is 0.0755. The summed E-state index contributed by atoms with van der Waals surface area (Å²) in [7, 11) is -9.62. The van der Waals surface area contributed by atoms with Crippen molar-refractivity contribution >= 4 is 59.9 Å². The van der Waals surface area contributed by atoms with Crippen LogP contribution in [0.25, 0.3) is 10.8 Å². The molecule has 0 heterocycles. The number of fused-ring (bicyclic) bond motifs is 1. The Bertz CT molecular complexity index is 1750. The molecule has 11 nitrogen and oxygen atoms in total. The Labute approximate surface area is 211 Å². The fourth-order valence-electron chi connectivity index (χ4n) is 3.48. The molecule has 0 atom stereocenters. The van der Waals surface area contributed by atoms with Gasteiger partial charge in [0.2, 0.25) is 0 Å². The van der Waals surface area contributed by atoms with Gasteiger partial charge in [-0.2, -0.15) is 16.8 Å². The third kappa shape index (κ3) is 5.92. The number of anilines is 3. The largest absolute Gasteiger partial charge is 0.399 e. The van der Waals surface area contributed by atoms with Crippen LogP contribution in [0, 0.1) is 0 Å². The minimum atomic E-state index is -4.88. The topological polar surface area (TPSA) is 193 Å². The number of amides is 2. The van der Waals surface area contributed by atoms with Crippen LogP contribution in [0.4, 0.5) is 17.1 Å². The highest BCUT2D eigenvalue weighted by atomic mass is 32.2. The van der Waals surface area contributed by atoms with Crippen molar-refractivity contribution in [3.8, 4) is 0 Å². The molecule has 190 valence electrons. The molecule has 4 rings (SSSR count). The van der Waals surface area contributed by atoms with Gasteiger partial charge in [-0.05, 0) is 78.2 Å². The summed E-state index contributed by atoms with van der Waals surface area (Å²) in [5.74, 6) is -0.918. The molecule has 0 aliphatic carbocycles. The van der Waals surface area contributed by atoms with Gasteiger partial charge in [-0.15, -0.1) is 0 Å². The van der Waals surface area contributed by atoms with Gasteiger partial charge in [0.1, 0.15) is 4.90 Å². The van der Waals surface area contributed by atoms with Crippen molar-refractivity contribution in [2.75, 3.05) is 16.4 Å². The van der Waals surface area contributed by atoms with Crippen molar-refractivity contribution < 1.29 is 35.5 Å². The second-order valence-corrected chi connectivity index (χ2v) is 10.7. The van der Waals surface area contributed by atoms with Crippen LogP contribution in [-0.2, 0) is 20.2 Å². The van der Waals surface area contributed by atoms with E-state index in [0.717, 1.165) is 6.07 Å². The first-order chi connectivity index (χ1) is 17.3. The van der Waals surface area contributed by atoms with Crippen LogP contribution in [0.15, 0.2) is 88.7 Å². The number of nitrogens with two attached hydrogens (primary N) is 1. The summed E-state index contributed by atoms with van der Waals surface area (Å²) >= 11 is 0. The molecule has 0 fully saturated rings. The van der Waals surface area contributed by atoms with Crippen LogP contribution < -0.4 is 16.4 Å². The van der Waals surface area contributed by atoms with E-state index in [1.807, 2.05) is 0 Å². The Kier molecular flexibility index (Phi) is 6.71. The normalized spacial score (nSPS) is 11.7. The highest BCUT2D eigenvalue weighted by Gasteiger charge is 2.21. The van der Waals surface area contributed by atoms with Crippen molar-refractivity contribution in [1.29, 1.82) is 0 Å². The van der Waals surface area contributed by atoms with Crippen LogP contribution in [-0.4, -0.2) is 37.8 Å². The van der Waals surface area contributed by atoms with Crippen molar-refractivity contribution in [3.63, 3.8) is 0 Å².